The lowest BCUT2D eigenvalue weighted by Gasteiger charge is -2.30. The molecule has 2 fully saturated rings. The van der Waals surface area contributed by atoms with Crippen LogP contribution in [0.15, 0.2) is 24.3 Å². The molecule has 1 aliphatic heterocycles. The third-order valence-electron chi connectivity index (χ3n) is 4.25. The summed E-state index contributed by atoms with van der Waals surface area (Å²) in [6, 6.07) is 7.30. The zero-order valence-electron chi connectivity index (χ0n) is 12.9. The quantitative estimate of drug-likeness (QED) is 0.864. The van der Waals surface area contributed by atoms with E-state index >= 15 is 0 Å². The van der Waals surface area contributed by atoms with Crippen LogP contribution in [-0.4, -0.2) is 60.2 Å². The van der Waals surface area contributed by atoms with Gasteiger partial charge in [-0.25, -0.2) is 0 Å². The van der Waals surface area contributed by atoms with Gasteiger partial charge < -0.3 is 14.7 Å². The normalized spacial score (nSPS) is 18.7. The lowest BCUT2D eigenvalue weighted by Crippen LogP contribution is -2.46. The zero-order valence-corrected chi connectivity index (χ0v) is 12.9. The highest BCUT2D eigenvalue weighted by Gasteiger charge is 2.27. The van der Waals surface area contributed by atoms with Crippen LogP contribution >= 0.6 is 0 Å². The standard InChI is InChI=1S/C17H24N2O3/c20-16-3-1-2-15(10-16)12-18(11-14-4-5-14)13-17(21)19-6-8-22-9-7-19/h1-3,10,14,20H,4-9,11-13H2. The average Bonchev–Trinajstić information content (AvgIpc) is 3.32. The Bertz CT molecular complexity index is 510. The molecule has 22 heavy (non-hydrogen) atoms. The van der Waals surface area contributed by atoms with Crippen molar-refractivity contribution in [1.82, 2.24) is 9.80 Å². The number of carbonyl (C=O) groups excluding carboxylic acids is 1. The maximum absolute atomic E-state index is 12.4. The molecule has 1 heterocycles. The van der Waals surface area contributed by atoms with Gasteiger partial charge in [0.05, 0.1) is 19.8 Å². The lowest BCUT2D eigenvalue weighted by molar-refractivity contribution is -0.136. The molecule has 1 N–H and O–H groups in total. The molecule has 0 unspecified atom stereocenters. The van der Waals surface area contributed by atoms with E-state index in [0.29, 0.717) is 39.4 Å². The van der Waals surface area contributed by atoms with E-state index < -0.39 is 0 Å². The van der Waals surface area contributed by atoms with E-state index in [9.17, 15) is 9.90 Å². The number of phenols is 1. The van der Waals surface area contributed by atoms with Crippen LogP contribution in [0.5, 0.6) is 5.75 Å². The van der Waals surface area contributed by atoms with E-state index in [4.69, 9.17) is 4.74 Å². The van der Waals surface area contributed by atoms with Gasteiger partial charge >= 0.3 is 0 Å². The molecule has 5 heteroatoms. The van der Waals surface area contributed by atoms with Gasteiger partial charge in [-0.1, -0.05) is 12.1 Å². The Morgan fingerprint density at radius 3 is 2.77 bits per heavy atom. The van der Waals surface area contributed by atoms with Crippen molar-refractivity contribution in [1.29, 1.82) is 0 Å². The number of nitrogens with zero attached hydrogens (tertiary/aromatic N) is 2. The van der Waals surface area contributed by atoms with Crippen molar-refractivity contribution in [3.8, 4) is 5.75 Å². The van der Waals surface area contributed by atoms with Crippen LogP contribution in [0.3, 0.4) is 0 Å². The number of ether oxygens (including phenoxy) is 1. The van der Waals surface area contributed by atoms with E-state index in [2.05, 4.69) is 4.90 Å². The van der Waals surface area contributed by atoms with Crippen LogP contribution in [0.25, 0.3) is 0 Å². The molecular weight excluding hydrogens is 280 g/mol. The zero-order chi connectivity index (χ0) is 15.4. The topological polar surface area (TPSA) is 53.0 Å². The minimum atomic E-state index is 0.184. The van der Waals surface area contributed by atoms with Crippen molar-refractivity contribution in [2.75, 3.05) is 39.4 Å². The predicted octanol–water partition coefficient (Wildman–Crippen LogP) is 1.46. The molecule has 0 spiro atoms. The number of hydrogen-bond donors (Lipinski definition) is 1. The smallest absolute Gasteiger partial charge is 0.236 e. The van der Waals surface area contributed by atoms with Gasteiger partial charge in [-0.3, -0.25) is 9.69 Å². The summed E-state index contributed by atoms with van der Waals surface area (Å²) in [5.41, 5.74) is 1.05. The number of hydrogen-bond acceptors (Lipinski definition) is 4. The number of morpholine rings is 1. The van der Waals surface area contributed by atoms with Gasteiger partial charge in [0.25, 0.3) is 0 Å². The van der Waals surface area contributed by atoms with Crippen molar-refractivity contribution in [3.05, 3.63) is 29.8 Å². The Labute approximate surface area is 131 Å². The molecule has 5 nitrogen and oxygen atoms in total. The molecule has 1 saturated carbocycles. The first kappa shape index (κ1) is 15.3. The van der Waals surface area contributed by atoms with E-state index in [-0.39, 0.29) is 11.7 Å². The minimum Gasteiger partial charge on any atom is -0.508 e. The molecule has 2 aliphatic rings. The van der Waals surface area contributed by atoms with E-state index in [1.165, 1.54) is 12.8 Å². The highest BCUT2D eigenvalue weighted by Crippen LogP contribution is 2.30. The van der Waals surface area contributed by atoms with Crippen LogP contribution in [0.2, 0.25) is 0 Å². The average molecular weight is 304 g/mol. The van der Waals surface area contributed by atoms with Gasteiger partial charge in [0, 0.05) is 26.2 Å². The Kier molecular flexibility index (Phi) is 4.95. The number of benzene rings is 1. The second kappa shape index (κ2) is 7.11. The predicted molar refractivity (Wildman–Crippen MR) is 83.5 cm³/mol. The van der Waals surface area contributed by atoms with Gasteiger partial charge in [-0.2, -0.15) is 0 Å². The van der Waals surface area contributed by atoms with Crippen LogP contribution < -0.4 is 0 Å². The summed E-state index contributed by atoms with van der Waals surface area (Å²) in [5, 5.41) is 9.60. The summed E-state index contributed by atoms with van der Waals surface area (Å²) in [6.45, 7) is 4.80. The van der Waals surface area contributed by atoms with Crippen molar-refractivity contribution in [2.24, 2.45) is 5.92 Å². The second-order valence-electron chi connectivity index (χ2n) is 6.28. The van der Waals surface area contributed by atoms with Crippen molar-refractivity contribution < 1.29 is 14.6 Å². The first-order chi connectivity index (χ1) is 10.7. The molecule has 0 bridgehead atoms. The maximum Gasteiger partial charge on any atom is 0.236 e. The van der Waals surface area contributed by atoms with Gasteiger partial charge in [-0.15, -0.1) is 0 Å². The van der Waals surface area contributed by atoms with E-state index in [0.717, 1.165) is 18.0 Å². The summed E-state index contributed by atoms with van der Waals surface area (Å²) in [6.07, 6.45) is 2.53. The molecule has 1 saturated heterocycles. The molecule has 0 atom stereocenters. The second-order valence-corrected chi connectivity index (χ2v) is 6.28. The summed E-state index contributed by atoms with van der Waals surface area (Å²) in [7, 11) is 0. The van der Waals surface area contributed by atoms with E-state index in [1.807, 2.05) is 17.0 Å². The maximum atomic E-state index is 12.4. The van der Waals surface area contributed by atoms with Crippen molar-refractivity contribution in [2.45, 2.75) is 19.4 Å². The minimum absolute atomic E-state index is 0.184. The van der Waals surface area contributed by atoms with Gasteiger partial charge in [-0.05, 0) is 36.5 Å². The summed E-state index contributed by atoms with van der Waals surface area (Å²) < 4.78 is 5.30. The first-order valence-corrected chi connectivity index (χ1v) is 8.06. The summed E-state index contributed by atoms with van der Waals surface area (Å²) >= 11 is 0. The molecule has 1 aliphatic carbocycles. The largest absolute Gasteiger partial charge is 0.508 e. The Morgan fingerprint density at radius 1 is 1.32 bits per heavy atom. The van der Waals surface area contributed by atoms with Crippen molar-refractivity contribution in [3.63, 3.8) is 0 Å². The third-order valence-corrected chi connectivity index (χ3v) is 4.25. The van der Waals surface area contributed by atoms with Gasteiger partial charge in [0.15, 0.2) is 0 Å². The summed E-state index contributed by atoms with van der Waals surface area (Å²) in [4.78, 5) is 16.6. The highest BCUT2D eigenvalue weighted by molar-refractivity contribution is 5.78. The number of carbonyl (C=O) groups is 1. The van der Waals surface area contributed by atoms with Crippen LogP contribution in [-0.2, 0) is 16.1 Å². The van der Waals surface area contributed by atoms with Crippen LogP contribution in [0.1, 0.15) is 18.4 Å². The first-order valence-electron chi connectivity index (χ1n) is 8.06. The molecule has 120 valence electrons. The van der Waals surface area contributed by atoms with Crippen molar-refractivity contribution >= 4 is 5.91 Å². The van der Waals surface area contributed by atoms with Gasteiger partial charge in [0.2, 0.25) is 5.91 Å². The lowest BCUT2D eigenvalue weighted by atomic mass is 10.2. The summed E-state index contributed by atoms with van der Waals surface area (Å²) in [5.74, 6) is 1.20. The highest BCUT2D eigenvalue weighted by atomic mass is 16.5. The third kappa shape index (κ3) is 4.45. The number of phenolic OH excluding ortho intramolecular Hbond substituents is 1. The molecule has 0 aromatic heterocycles. The van der Waals surface area contributed by atoms with Gasteiger partial charge in [0.1, 0.15) is 5.75 Å². The monoisotopic (exact) mass is 304 g/mol. The Morgan fingerprint density at radius 2 is 2.09 bits per heavy atom. The Balaban J connectivity index is 1.60. The molecule has 3 rings (SSSR count). The molecule has 1 aromatic carbocycles. The van der Waals surface area contributed by atoms with E-state index in [1.54, 1.807) is 12.1 Å². The number of rotatable bonds is 6. The van der Waals surface area contributed by atoms with Crippen LogP contribution in [0.4, 0.5) is 0 Å². The Hall–Kier alpha value is -1.59. The molecular formula is C17H24N2O3. The number of amides is 1. The fourth-order valence-electron chi connectivity index (χ4n) is 2.87. The fraction of sp³-hybridized carbons (Fsp3) is 0.588. The number of aromatic hydroxyl groups is 1. The fourth-order valence-corrected chi connectivity index (χ4v) is 2.87. The SMILES string of the molecule is O=C(CN(Cc1cccc(O)c1)CC1CC1)N1CCOCC1. The molecule has 1 amide bonds. The van der Waals surface area contributed by atoms with Crippen LogP contribution in [0, 0.1) is 5.92 Å². The molecule has 1 aromatic rings. The molecule has 0 radical (unpaired) electrons.